The highest BCUT2D eigenvalue weighted by molar-refractivity contribution is 6.30. The van der Waals surface area contributed by atoms with Gasteiger partial charge >= 0.3 is 0 Å². The van der Waals surface area contributed by atoms with Crippen LogP contribution in [-0.2, 0) is 0 Å². The number of hydrazine groups is 1. The van der Waals surface area contributed by atoms with Gasteiger partial charge in [-0.05, 0) is 51.9 Å². The molecular formula is C46H28N4O. The number of anilines is 4. The molecule has 0 amide bonds. The van der Waals surface area contributed by atoms with E-state index < -0.39 is 0 Å². The zero-order valence-electron chi connectivity index (χ0n) is 28.3. The van der Waals surface area contributed by atoms with Crippen LogP contribution < -0.4 is 10.0 Å². The van der Waals surface area contributed by atoms with Gasteiger partial charge in [-0.2, -0.15) is 0 Å². The van der Waals surface area contributed by atoms with Gasteiger partial charge in [0, 0.05) is 32.8 Å². The highest BCUT2D eigenvalue weighted by Gasteiger charge is 2.38. The number of fused-ring (bicyclic) bond motifs is 13. The molecule has 3 heterocycles. The first kappa shape index (κ1) is 26.9. The molecule has 0 atom stereocenters. The molecule has 0 bridgehead atoms. The molecule has 0 unspecified atom stereocenters. The largest absolute Gasteiger partial charge is 0.454 e. The normalized spacial score (nSPS) is 12.9. The van der Waals surface area contributed by atoms with Crippen LogP contribution in [0.5, 0.6) is 0 Å². The summed E-state index contributed by atoms with van der Waals surface area (Å²) in [6.07, 6.45) is 0. The minimum atomic E-state index is 0.448. The van der Waals surface area contributed by atoms with E-state index in [1.54, 1.807) is 0 Å². The summed E-state index contributed by atoms with van der Waals surface area (Å²) in [6.45, 7) is 0. The van der Waals surface area contributed by atoms with E-state index in [1.165, 1.54) is 0 Å². The third-order valence-electron chi connectivity index (χ3n) is 10.0. The summed E-state index contributed by atoms with van der Waals surface area (Å²) >= 11 is 0. The molecule has 51 heavy (non-hydrogen) atoms. The van der Waals surface area contributed by atoms with Crippen molar-refractivity contribution in [3.63, 3.8) is 0 Å². The monoisotopic (exact) mass is 653 g/mol. The van der Waals surface area contributed by atoms with Crippen LogP contribution >= 0.6 is 0 Å². The average Bonchev–Trinajstić information content (AvgIpc) is 3.60. The van der Waals surface area contributed by atoms with Crippen LogP contribution in [0.3, 0.4) is 0 Å². The summed E-state index contributed by atoms with van der Waals surface area (Å²) < 4.78 is 16.3. The first-order chi connectivity index (χ1) is 25.7. The molecule has 1 aliphatic heterocycles. The standard InChI is InChI=1S/C46H28N4O/c1-3-16-30(17-4-1)43-35-23-11-13-25-37(35)47-46(48-43)50-44-42(34-22-10-9-21-33(34)40-36-24-12-14-26-39(36)51-45(40)44)41-32-20-8-7-15-29(32)27-28-38(41)49(50)31-18-5-2-6-19-31/h1-28H/i21D. The first-order valence-electron chi connectivity index (χ1n) is 17.6. The Labute approximate surface area is 294 Å². The molecule has 2 aromatic heterocycles. The molecule has 0 spiro atoms. The van der Waals surface area contributed by atoms with Gasteiger partial charge in [0.25, 0.3) is 5.95 Å². The topological polar surface area (TPSA) is 45.4 Å². The van der Waals surface area contributed by atoms with Gasteiger partial charge in [-0.3, -0.25) is 0 Å². The summed E-state index contributed by atoms with van der Waals surface area (Å²) in [4.78, 5) is 10.8. The van der Waals surface area contributed by atoms with E-state index in [1.807, 2.05) is 66.7 Å². The van der Waals surface area contributed by atoms with E-state index in [0.29, 0.717) is 17.6 Å². The second-order valence-corrected chi connectivity index (χ2v) is 12.9. The highest BCUT2D eigenvalue weighted by Crippen LogP contribution is 2.57. The summed E-state index contributed by atoms with van der Waals surface area (Å²) in [5.41, 5.74) is 8.91. The van der Waals surface area contributed by atoms with E-state index in [-0.39, 0.29) is 0 Å². The number of hydrogen-bond acceptors (Lipinski definition) is 5. The number of benzene rings is 8. The highest BCUT2D eigenvalue weighted by atomic mass is 16.3. The minimum absolute atomic E-state index is 0.448. The van der Waals surface area contributed by atoms with E-state index in [4.69, 9.17) is 14.4 Å². The van der Waals surface area contributed by atoms with E-state index >= 15 is 0 Å². The van der Waals surface area contributed by atoms with Crippen LogP contribution in [0.15, 0.2) is 174 Å². The fraction of sp³-hybridized carbons (Fsp3) is 0. The Morgan fingerprint density at radius 1 is 0.510 bits per heavy atom. The minimum Gasteiger partial charge on any atom is -0.454 e. The number of para-hydroxylation sites is 3. The van der Waals surface area contributed by atoms with Crippen LogP contribution in [0.2, 0.25) is 0 Å². The Hall–Kier alpha value is -6.98. The van der Waals surface area contributed by atoms with Crippen LogP contribution in [0.4, 0.5) is 23.0 Å². The SMILES string of the molecule is [2H]c1cccc2c3c(c4oc5ccccc5c4c12)N(c1nc(-c2ccccc2)c2ccccc2n1)N(c1ccccc1)c1ccc2ccccc2c1-3. The molecule has 5 nitrogen and oxygen atoms in total. The third kappa shape index (κ3) is 4.03. The molecule has 1 aliphatic rings. The van der Waals surface area contributed by atoms with Crippen molar-refractivity contribution in [2.75, 3.05) is 10.0 Å². The Bertz CT molecular complexity index is 3050. The van der Waals surface area contributed by atoms with Crippen molar-refractivity contribution in [2.45, 2.75) is 0 Å². The quantitative estimate of drug-likeness (QED) is 0.190. The van der Waals surface area contributed by atoms with Crippen LogP contribution in [0.25, 0.3) is 76.8 Å². The van der Waals surface area contributed by atoms with Gasteiger partial charge in [-0.1, -0.05) is 140 Å². The van der Waals surface area contributed by atoms with Crippen molar-refractivity contribution in [2.24, 2.45) is 0 Å². The van der Waals surface area contributed by atoms with Crippen LogP contribution in [0, 0.1) is 0 Å². The fourth-order valence-corrected chi connectivity index (χ4v) is 7.90. The first-order valence-corrected chi connectivity index (χ1v) is 17.1. The molecular weight excluding hydrogens is 625 g/mol. The number of furan rings is 1. The van der Waals surface area contributed by atoms with Gasteiger partial charge < -0.3 is 4.42 Å². The molecule has 11 rings (SSSR count). The van der Waals surface area contributed by atoms with Crippen LogP contribution in [-0.4, -0.2) is 9.97 Å². The van der Waals surface area contributed by atoms with Gasteiger partial charge in [0.2, 0.25) is 0 Å². The van der Waals surface area contributed by atoms with Gasteiger partial charge in [-0.15, -0.1) is 0 Å². The summed E-state index contributed by atoms with van der Waals surface area (Å²) in [5.74, 6) is 0.504. The van der Waals surface area contributed by atoms with Gasteiger partial charge in [0.1, 0.15) is 11.3 Å². The number of hydrogen-bond donors (Lipinski definition) is 0. The molecule has 0 saturated carbocycles. The lowest BCUT2D eigenvalue weighted by molar-refractivity contribution is 0.667. The molecule has 0 aliphatic carbocycles. The summed E-state index contributed by atoms with van der Waals surface area (Å²) in [6, 6.07) is 56.4. The second-order valence-electron chi connectivity index (χ2n) is 12.9. The van der Waals surface area contributed by atoms with Crippen molar-refractivity contribution < 1.29 is 5.79 Å². The smallest absolute Gasteiger partial charge is 0.251 e. The lowest BCUT2D eigenvalue weighted by Crippen LogP contribution is -2.40. The zero-order valence-corrected chi connectivity index (χ0v) is 27.3. The Morgan fingerprint density at radius 3 is 2.06 bits per heavy atom. The molecule has 8 aromatic carbocycles. The van der Waals surface area contributed by atoms with Crippen molar-refractivity contribution in [1.29, 1.82) is 0 Å². The summed E-state index contributed by atoms with van der Waals surface area (Å²) in [7, 11) is 0. The predicted molar refractivity (Wildman–Crippen MR) is 210 cm³/mol. The molecule has 5 heteroatoms. The maximum absolute atomic E-state index is 9.34. The third-order valence-corrected chi connectivity index (χ3v) is 10.0. The van der Waals surface area contributed by atoms with Gasteiger partial charge in [0.05, 0.1) is 24.0 Å². The number of rotatable bonds is 3. The Kier molecular flexibility index (Phi) is 5.68. The molecule has 0 fully saturated rings. The molecule has 0 saturated heterocycles. The van der Waals surface area contributed by atoms with Crippen molar-refractivity contribution in [3.05, 3.63) is 170 Å². The van der Waals surface area contributed by atoms with Crippen molar-refractivity contribution in [3.8, 4) is 22.4 Å². The van der Waals surface area contributed by atoms with Gasteiger partial charge in [0.15, 0.2) is 5.58 Å². The van der Waals surface area contributed by atoms with Crippen molar-refractivity contribution in [1.82, 2.24) is 9.97 Å². The van der Waals surface area contributed by atoms with Crippen LogP contribution in [0.1, 0.15) is 1.37 Å². The van der Waals surface area contributed by atoms with E-state index in [2.05, 4.69) is 107 Å². The summed E-state index contributed by atoms with van der Waals surface area (Å²) in [5, 5.41) is 11.3. The maximum Gasteiger partial charge on any atom is 0.251 e. The molecule has 238 valence electrons. The van der Waals surface area contributed by atoms with Gasteiger partial charge in [-0.25, -0.2) is 20.0 Å². The Morgan fingerprint density at radius 2 is 1.20 bits per heavy atom. The zero-order chi connectivity index (χ0) is 34.3. The maximum atomic E-state index is 9.34. The van der Waals surface area contributed by atoms with Crippen molar-refractivity contribution >= 4 is 77.4 Å². The predicted octanol–water partition coefficient (Wildman–Crippen LogP) is 12.4. The average molecular weight is 654 g/mol. The fourth-order valence-electron chi connectivity index (χ4n) is 7.90. The number of nitrogens with zero attached hydrogens (tertiary/aromatic N) is 4. The van der Waals surface area contributed by atoms with E-state index in [0.717, 1.165) is 88.2 Å². The molecule has 10 aromatic rings. The molecule has 0 N–H and O–H groups in total. The lowest BCUT2D eigenvalue weighted by Gasteiger charge is -2.43. The Balaban J connectivity index is 1.38. The number of aromatic nitrogens is 2. The second kappa shape index (κ2) is 10.8. The molecule has 0 radical (unpaired) electrons. The van der Waals surface area contributed by atoms with E-state index in [9.17, 15) is 1.37 Å². The lowest BCUT2D eigenvalue weighted by atomic mass is 9.87.